The highest BCUT2D eigenvalue weighted by Crippen LogP contribution is 2.30. The fourth-order valence-corrected chi connectivity index (χ4v) is 2.31. The minimum Gasteiger partial charge on any atom is -0.508 e. The van der Waals surface area contributed by atoms with Crippen LogP contribution in [-0.4, -0.2) is 15.1 Å². The Balaban J connectivity index is 2.01. The van der Waals surface area contributed by atoms with Gasteiger partial charge in [-0.05, 0) is 24.3 Å². The van der Waals surface area contributed by atoms with E-state index in [2.05, 4.69) is 9.97 Å². The second-order valence-electron chi connectivity index (χ2n) is 4.55. The molecule has 2 aromatic carbocycles. The van der Waals surface area contributed by atoms with E-state index in [-0.39, 0.29) is 5.75 Å². The van der Waals surface area contributed by atoms with E-state index in [9.17, 15) is 5.11 Å². The Morgan fingerprint density at radius 3 is 2.80 bits per heavy atom. The van der Waals surface area contributed by atoms with Crippen molar-refractivity contribution < 1.29 is 9.52 Å². The first kappa shape index (κ1) is 11.0. The molecular formula is C16H10N2O2. The van der Waals surface area contributed by atoms with Crippen molar-refractivity contribution in [3.8, 4) is 17.2 Å². The van der Waals surface area contributed by atoms with Crippen molar-refractivity contribution in [3.05, 3.63) is 54.7 Å². The number of benzene rings is 2. The van der Waals surface area contributed by atoms with Crippen molar-refractivity contribution in [3.63, 3.8) is 0 Å². The molecule has 4 aromatic rings. The average molecular weight is 262 g/mol. The summed E-state index contributed by atoms with van der Waals surface area (Å²) in [6.45, 7) is 0. The van der Waals surface area contributed by atoms with E-state index in [1.165, 1.54) is 0 Å². The topological polar surface area (TPSA) is 59.2 Å². The van der Waals surface area contributed by atoms with E-state index >= 15 is 0 Å². The highest BCUT2D eigenvalue weighted by molar-refractivity contribution is 5.93. The van der Waals surface area contributed by atoms with Gasteiger partial charge in [0, 0.05) is 23.2 Å². The molecule has 2 heterocycles. The normalized spacial score (nSPS) is 11.2. The SMILES string of the molecule is Oc1ccc2nc(-c3ccnc4ccccc34)oc2c1. The molecular weight excluding hydrogens is 252 g/mol. The summed E-state index contributed by atoms with van der Waals surface area (Å²) in [5.41, 5.74) is 3.08. The van der Waals surface area contributed by atoms with Gasteiger partial charge in [0.1, 0.15) is 11.3 Å². The summed E-state index contributed by atoms with van der Waals surface area (Å²) in [6, 6.07) is 14.6. The van der Waals surface area contributed by atoms with Crippen LogP contribution in [0.2, 0.25) is 0 Å². The number of para-hydroxylation sites is 1. The van der Waals surface area contributed by atoms with Crippen molar-refractivity contribution in [2.45, 2.75) is 0 Å². The molecule has 2 aromatic heterocycles. The maximum Gasteiger partial charge on any atom is 0.228 e. The van der Waals surface area contributed by atoms with Gasteiger partial charge >= 0.3 is 0 Å². The van der Waals surface area contributed by atoms with Crippen LogP contribution in [0.15, 0.2) is 59.1 Å². The van der Waals surface area contributed by atoms with Crippen LogP contribution in [-0.2, 0) is 0 Å². The summed E-state index contributed by atoms with van der Waals surface area (Å²) in [7, 11) is 0. The molecule has 0 amide bonds. The minimum atomic E-state index is 0.166. The Kier molecular flexibility index (Phi) is 2.23. The van der Waals surface area contributed by atoms with Gasteiger partial charge in [-0.15, -0.1) is 0 Å². The van der Waals surface area contributed by atoms with Crippen LogP contribution in [0.5, 0.6) is 5.75 Å². The van der Waals surface area contributed by atoms with Crippen LogP contribution in [0.25, 0.3) is 33.5 Å². The number of hydrogen-bond acceptors (Lipinski definition) is 4. The number of phenols is 1. The Labute approximate surface area is 114 Å². The smallest absolute Gasteiger partial charge is 0.228 e. The van der Waals surface area contributed by atoms with Crippen LogP contribution in [0.4, 0.5) is 0 Å². The number of hydrogen-bond donors (Lipinski definition) is 1. The van der Waals surface area contributed by atoms with Crippen molar-refractivity contribution in [1.82, 2.24) is 9.97 Å². The Morgan fingerprint density at radius 1 is 0.950 bits per heavy atom. The maximum atomic E-state index is 9.48. The van der Waals surface area contributed by atoms with E-state index in [1.807, 2.05) is 30.3 Å². The fourth-order valence-electron chi connectivity index (χ4n) is 2.31. The summed E-state index contributed by atoms with van der Waals surface area (Å²) < 4.78 is 5.74. The average Bonchev–Trinajstić information content (AvgIpc) is 2.89. The second kappa shape index (κ2) is 4.06. The van der Waals surface area contributed by atoms with Gasteiger partial charge in [0.2, 0.25) is 5.89 Å². The fraction of sp³-hybridized carbons (Fsp3) is 0. The molecule has 0 atom stereocenters. The number of pyridine rings is 1. The number of aromatic hydroxyl groups is 1. The monoisotopic (exact) mass is 262 g/mol. The van der Waals surface area contributed by atoms with E-state index in [0.29, 0.717) is 11.5 Å². The van der Waals surface area contributed by atoms with Gasteiger partial charge in [-0.2, -0.15) is 0 Å². The maximum absolute atomic E-state index is 9.48. The first-order valence-electron chi connectivity index (χ1n) is 6.25. The van der Waals surface area contributed by atoms with Gasteiger partial charge in [-0.1, -0.05) is 18.2 Å². The van der Waals surface area contributed by atoms with E-state index in [1.54, 1.807) is 24.4 Å². The molecule has 0 saturated heterocycles. The van der Waals surface area contributed by atoms with E-state index in [4.69, 9.17) is 4.42 Å². The molecule has 20 heavy (non-hydrogen) atoms. The molecule has 0 aliphatic rings. The predicted octanol–water partition coefficient (Wildman–Crippen LogP) is 3.75. The molecule has 0 spiro atoms. The van der Waals surface area contributed by atoms with Gasteiger partial charge in [-0.3, -0.25) is 4.98 Å². The van der Waals surface area contributed by atoms with E-state index < -0.39 is 0 Å². The van der Waals surface area contributed by atoms with E-state index in [0.717, 1.165) is 22.0 Å². The lowest BCUT2D eigenvalue weighted by Crippen LogP contribution is -1.83. The highest BCUT2D eigenvalue weighted by Gasteiger charge is 2.11. The zero-order chi connectivity index (χ0) is 13.5. The van der Waals surface area contributed by atoms with Crippen molar-refractivity contribution in [1.29, 1.82) is 0 Å². The summed E-state index contributed by atoms with van der Waals surface area (Å²) in [5, 5.41) is 10.5. The molecule has 96 valence electrons. The van der Waals surface area contributed by atoms with Gasteiger partial charge < -0.3 is 9.52 Å². The van der Waals surface area contributed by atoms with Crippen LogP contribution < -0.4 is 0 Å². The molecule has 0 aliphatic heterocycles. The van der Waals surface area contributed by atoms with Crippen molar-refractivity contribution in [2.75, 3.05) is 0 Å². The van der Waals surface area contributed by atoms with Gasteiger partial charge in [0.15, 0.2) is 5.58 Å². The molecule has 0 bridgehead atoms. The van der Waals surface area contributed by atoms with Crippen LogP contribution in [0.1, 0.15) is 0 Å². The number of fused-ring (bicyclic) bond motifs is 2. The number of oxazole rings is 1. The molecule has 4 rings (SSSR count). The standard InChI is InChI=1S/C16H10N2O2/c19-10-5-6-14-15(9-10)20-16(18-14)12-7-8-17-13-4-2-1-3-11(12)13/h1-9,19H. The molecule has 0 radical (unpaired) electrons. The quantitative estimate of drug-likeness (QED) is 0.567. The van der Waals surface area contributed by atoms with Crippen molar-refractivity contribution >= 4 is 22.0 Å². The van der Waals surface area contributed by atoms with Gasteiger partial charge in [-0.25, -0.2) is 4.98 Å². The molecule has 0 saturated carbocycles. The third kappa shape index (κ3) is 1.62. The van der Waals surface area contributed by atoms with Crippen LogP contribution in [0, 0.1) is 0 Å². The molecule has 4 heteroatoms. The Morgan fingerprint density at radius 2 is 1.85 bits per heavy atom. The lowest BCUT2D eigenvalue weighted by atomic mass is 10.1. The summed E-state index contributed by atoms with van der Waals surface area (Å²) in [6.07, 6.45) is 1.74. The summed E-state index contributed by atoms with van der Waals surface area (Å²) in [4.78, 5) is 8.79. The molecule has 0 unspecified atom stereocenters. The minimum absolute atomic E-state index is 0.166. The predicted molar refractivity (Wildman–Crippen MR) is 76.4 cm³/mol. The zero-order valence-electron chi connectivity index (χ0n) is 10.4. The van der Waals surface area contributed by atoms with Gasteiger partial charge in [0.25, 0.3) is 0 Å². The molecule has 4 nitrogen and oxygen atoms in total. The first-order chi connectivity index (χ1) is 9.81. The lowest BCUT2D eigenvalue weighted by molar-refractivity contribution is 0.474. The Hall–Kier alpha value is -2.88. The molecule has 0 aliphatic carbocycles. The third-order valence-corrected chi connectivity index (χ3v) is 3.25. The largest absolute Gasteiger partial charge is 0.508 e. The number of rotatable bonds is 1. The van der Waals surface area contributed by atoms with Gasteiger partial charge in [0.05, 0.1) is 5.52 Å². The van der Waals surface area contributed by atoms with Crippen LogP contribution >= 0.6 is 0 Å². The summed E-state index contributed by atoms with van der Waals surface area (Å²) >= 11 is 0. The number of aromatic nitrogens is 2. The summed E-state index contributed by atoms with van der Waals surface area (Å²) in [5.74, 6) is 0.698. The number of nitrogens with zero attached hydrogens (tertiary/aromatic N) is 2. The second-order valence-corrected chi connectivity index (χ2v) is 4.55. The number of phenolic OH excluding ortho intramolecular Hbond substituents is 1. The first-order valence-corrected chi connectivity index (χ1v) is 6.25. The van der Waals surface area contributed by atoms with Crippen LogP contribution in [0.3, 0.4) is 0 Å². The van der Waals surface area contributed by atoms with Crippen molar-refractivity contribution in [2.24, 2.45) is 0 Å². The third-order valence-electron chi connectivity index (χ3n) is 3.25. The molecule has 1 N–H and O–H groups in total. The highest BCUT2D eigenvalue weighted by atomic mass is 16.3. The lowest BCUT2D eigenvalue weighted by Gasteiger charge is -2.01. The molecule has 0 fully saturated rings. The zero-order valence-corrected chi connectivity index (χ0v) is 10.4. The Bertz CT molecular complexity index is 923.